The molecule has 1 aromatic carbocycles. The van der Waals surface area contributed by atoms with E-state index in [2.05, 4.69) is 6.07 Å². The second-order valence-corrected chi connectivity index (χ2v) is 7.48. The Kier molecular flexibility index (Phi) is 5.14. The molecule has 6 heteroatoms. The Morgan fingerprint density at radius 3 is 2.75 bits per heavy atom. The summed E-state index contributed by atoms with van der Waals surface area (Å²) in [6.45, 7) is -0.186. The normalized spacial score (nSPS) is 20.8. The van der Waals surface area contributed by atoms with E-state index < -0.39 is 0 Å². The van der Waals surface area contributed by atoms with Crippen molar-refractivity contribution in [2.45, 2.75) is 31.6 Å². The number of aromatic nitrogens is 1. The molecular weight excluding hydrogens is 324 g/mol. The summed E-state index contributed by atoms with van der Waals surface area (Å²) in [5, 5.41) is 1.01. The van der Waals surface area contributed by atoms with Crippen LogP contribution in [-0.4, -0.2) is 42.5 Å². The number of amides is 1. The van der Waals surface area contributed by atoms with Crippen molar-refractivity contribution < 1.29 is 14.3 Å². The molecular formula is C18H22N2O3S. The van der Waals surface area contributed by atoms with Crippen LogP contribution in [0.5, 0.6) is 0 Å². The van der Waals surface area contributed by atoms with Gasteiger partial charge in [0, 0.05) is 20.0 Å². The Labute approximate surface area is 145 Å². The van der Waals surface area contributed by atoms with Crippen LogP contribution in [0, 0.1) is 5.92 Å². The van der Waals surface area contributed by atoms with E-state index in [0.717, 1.165) is 40.9 Å². The molecule has 2 aromatic rings. The first-order chi connectivity index (χ1) is 11.6. The van der Waals surface area contributed by atoms with E-state index in [4.69, 9.17) is 9.72 Å². The Morgan fingerprint density at radius 2 is 2.00 bits per heavy atom. The first kappa shape index (κ1) is 16.9. The van der Waals surface area contributed by atoms with Gasteiger partial charge in [0.1, 0.15) is 0 Å². The van der Waals surface area contributed by atoms with Gasteiger partial charge in [0.2, 0.25) is 0 Å². The second kappa shape index (κ2) is 7.30. The van der Waals surface area contributed by atoms with E-state index >= 15 is 0 Å². The lowest BCUT2D eigenvalue weighted by Crippen LogP contribution is -2.32. The van der Waals surface area contributed by atoms with E-state index in [1.807, 2.05) is 18.2 Å². The lowest BCUT2D eigenvalue weighted by molar-refractivity contribution is -0.156. The molecule has 1 saturated carbocycles. The van der Waals surface area contributed by atoms with Crippen molar-refractivity contribution in [2.24, 2.45) is 5.92 Å². The summed E-state index contributed by atoms with van der Waals surface area (Å²) < 4.78 is 6.42. The van der Waals surface area contributed by atoms with Crippen LogP contribution >= 0.6 is 11.3 Å². The Hall–Kier alpha value is -1.95. The van der Waals surface area contributed by atoms with Gasteiger partial charge >= 0.3 is 5.97 Å². The number of benzene rings is 1. The fourth-order valence-electron chi connectivity index (χ4n) is 3.13. The zero-order valence-electron chi connectivity index (χ0n) is 14.0. The molecule has 0 spiro atoms. The number of hydrogen-bond acceptors (Lipinski definition) is 5. The minimum atomic E-state index is -0.269. The number of carbonyl (C=O) groups is 2. The van der Waals surface area contributed by atoms with E-state index in [0.29, 0.717) is 0 Å². The van der Waals surface area contributed by atoms with E-state index in [9.17, 15) is 9.59 Å². The van der Waals surface area contributed by atoms with E-state index in [1.165, 1.54) is 4.90 Å². The van der Waals surface area contributed by atoms with Crippen LogP contribution in [0.4, 0.5) is 0 Å². The van der Waals surface area contributed by atoms with Crippen molar-refractivity contribution >= 4 is 33.4 Å². The van der Waals surface area contributed by atoms with Gasteiger partial charge in [0.05, 0.1) is 21.1 Å². The number of para-hydroxylation sites is 1. The number of thiazole rings is 1. The highest BCUT2D eigenvalue weighted by atomic mass is 32.1. The molecule has 1 fully saturated rings. The van der Waals surface area contributed by atoms with Crippen LogP contribution in [0.1, 0.15) is 36.6 Å². The fraction of sp³-hybridized carbons (Fsp3) is 0.500. The minimum absolute atomic E-state index is 0.0955. The van der Waals surface area contributed by atoms with Crippen molar-refractivity contribution in [3.8, 4) is 0 Å². The smallest absolute Gasteiger partial charge is 0.310 e. The zero-order valence-corrected chi connectivity index (χ0v) is 14.8. The maximum atomic E-state index is 12.5. The molecule has 0 N–H and O–H groups in total. The third-order valence-corrected chi connectivity index (χ3v) is 5.70. The van der Waals surface area contributed by atoms with Gasteiger partial charge in [-0.1, -0.05) is 25.0 Å². The van der Waals surface area contributed by atoms with Gasteiger partial charge in [-0.3, -0.25) is 9.59 Å². The van der Waals surface area contributed by atoms with Crippen LogP contribution < -0.4 is 0 Å². The van der Waals surface area contributed by atoms with Crippen LogP contribution in [-0.2, 0) is 14.3 Å². The van der Waals surface area contributed by atoms with Gasteiger partial charge in [0.25, 0.3) is 5.91 Å². The maximum absolute atomic E-state index is 12.5. The van der Waals surface area contributed by atoms with Gasteiger partial charge < -0.3 is 9.64 Å². The van der Waals surface area contributed by atoms with Crippen molar-refractivity contribution in [3.05, 3.63) is 29.3 Å². The minimum Gasteiger partial charge on any atom is -0.455 e. The van der Waals surface area contributed by atoms with Crippen molar-refractivity contribution in [1.29, 1.82) is 0 Å². The maximum Gasteiger partial charge on any atom is 0.310 e. The standard InChI is InChI=1S/C18H22N2O3S/c1-20(2)16(21)11-23-18(22)13-8-4-3-7-12(13)17-19-14-9-5-6-10-15(14)24-17/h5-6,9-10,12-13H,3-4,7-8,11H2,1-2H3/t12-,13-/m0/s1. The average molecular weight is 346 g/mol. The van der Waals surface area contributed by atoms with Crippen LogP contribution in [0.3, 0.4) is 0 Å². The summed E-state index contributed by atoms with van der Waals surface area (Å²) in [5.74, 6) is -0.572. The topological polar surface area (TPSA) is 59.5 Å². The van der Waals surface area contributed by atoms with Crippen molar-refractivity contribution in [3.63, 3.8) is 0 Å². The molecule has 0 aliphatic heterocycles. The van der Waals surface area contributed by atoms with Crippen LogP contribution in [0.25, 0.3) is 10.2 Å². The summed E-state index contributed by atoms with van der Waals surface area (Å²) in [6.07, 6.45) is 3.86. The summed E-state index contributed by atoms with van der Waals surface area (Å²) in [7, 11) is 3.31. The molecule has 24 heavy (non-hydrogen) atoms. The molecule has 1 amide bonds. The number of esters is 1. The van der Waals surface area contributed by atoms with Crippen LogP contribution in [0.2, 0.25) is 0 Å². The summed E-state index contributed by atoms with van der Waals surface area (Å²) in [5.41, 5.74) is 0.984. The SMILES string of the molecule is CN(C)C(=O)COC(=O)[C@H]1CCCC[C@@H]1c1nc2ccccc2s1. The quantitative estimate of drug-likeness (QED) is 0.798. The van der Waals surface area contributed by atoms with Gasteiger partial charge in [-0.25, -0.2) is 4.98 Å². The third kappa shape index (κ3) is 3.59. The number of rotatable bonds is 4. The van der Waals surface area contributed by atoms with Gasteiger partial charge in [-0.2, -0.15) is 0 Å². The lowest BCUT2D eigenvalue weighted by Gasteiger charge is -2.28. The highest BCUT2D eigenvalue weighted by molar-refractivity contribution is 7.18. The molecule has 1 aromatic heterocycles. The van der Waals surface area contributed by atoms with Crippen molar-refractivity contribution in [1.82, 2.24) is 9.88 Å². The highest BCUT2D eigenvalue weighted by Crippen LogP contribution is 2.41. The monoisotopic (exact) mass is 346 g/mol. The number of hydrogen-bond donors (Lipinski definition) is 0. The molecule has 128 valence electrons. The Bertz CT molecular complexity index is 708. The van der Waals surface area contributed by atoms with Gasteiger partial charge in [-0.05, 0) is 25.0 Å². The molecule has 0 saturated heterocycles. The molecule has 5 nitrogen and oxygen atoms in total. The summed E-state index contributed by atoms with van der Waals surface area (Å²) in [4.78, 5) is 30.3. The molecule has 3 rings (SSSR count). The van der Waals surface area contributed by atoms with E-state index in [1.54, 1.807) is 25.4 Å². The van der Waals surface area contributed by atoms with Crippen LogP contribution in [0.15, 0.2) is 24.3 Å². The predicted molar refractivity (Wildman–Crippen MR) is 94.0 cm³/mol. The first-order valence-electron chi connectivity index (χ1n) is 8.28. The number of fused-ring (bicyclic) bond motifs is 1. The van der Waals surface area contributed by atoms with Gasteiger partial charge in [0.15, 0.2) is 6.61 Å². The lowest BCUT2D eigenvalue weighted by atomic mass is 9.79. The third-order valence-electron chi connectivity index (χ3n) is 4.53. The largest absolute Gasteiger partial charge is 0.455 e. The molecule has 1 heterocycles. The van der Waals surface area contributed by atoms with Gasteiger partial charge in [-0.15, -0.1) is 11.3 Å². The second-order valence-electron chi connectivity index (χ2n) is 6.41. The average Bonchev–Trinajstić information content (AvgIpc) is 3.03. The zero-order chi connectivity index (χ0) is 17.1. The number of nitrogens with zero attached hydrogens (tertiary/aromatic N) is 2. The molecule has 0 unspecified atom stereocenters. The van der Waals surface area contributed by atoms with Crippen molar-refractivity contribution in [2.75, 3.05) is 20.7 Å². The molecule has 1 aliphatic rings. The summed E-state index contributed by atoms with van der Waals surface area (Å²) >= 11 is 1.66. The first-order valence-corrected chi connectivity index (χ1v) is 9.10. The highest BCUT2D eigenvalue weighted by Gasteiger charge is 2.35. The summed E-state index contributed by atoms with van der Waals surface area (Å²) in [6, 6.07) is 8.04. The molecule has 0 bridgehead atoms. The number of likely N-dealkylation sites (N-methyl/N-ethyl adjacent to an activating group) is 1. The number of carbonyl (C=O) groups excluding carboxylic acids is 2. The molecule has 2 atom stereocenters. The fourth-order valence-corrected chi connectivity index (χ4v) is 4.29. The van der Waals surface area contributed by atoms with E-state index in [-0.39, 0.29) is 30.3 Å². The predicted octanol–water partition coefficient (Wildman–Crippen LogP) is 3.20. The number of ether oxygens (including phenoxy) is 1. The Balaban J connectivity index is 1.75. The molecule has 0 radical (unpaired) electrons. The molecule has 1 aliphatic carbocycles. The Morgan fingerprint density at radius 1 is 1.25 bits per heavy atom.